The molecule has 1 atom stereocenters. The van der Waals surface area contributed by atoms with Crippen LogP contribution in [-0.2, 0) is 0 Å². The minimum atomic E-state index is -0.195. The van der Waals surface area contributed by atoms with Crippen molar-refractivity contribution in [3.8, 4) is 0 Å². The summed E-state index contributed by atoms with van der Waals surface area (Å²) in [6.45, 7) is 0.936. The Labute approximate surface area is 121 Å². The van der Waals surface area contributed by atoms with Gasteiger partial charge in [-0.25, -0.2) is 9.37 Å². The van der Waals surface area contributed by atoms with E-state index < -0.39 is 0 Å². The molecule has 1 N–H and O–H groups in total. The number of hydrogen-bond acceptors (Lipinski definition) is 4. The predicted octanol–water partition coefficient (Wildman–Crippen LogP) is 3.33. The highest BCUT2D eigenvalue weighted by Gasteiger charge is 2.41. The fourth-order valence-electron chi connectivity index (χ4n) is 3.48. The Balaban J connectivity index is 1.45. The molecule has 3 heterocycles. The summed E-state index contributed by atoms with van der Waals surface area (Å²) < 4.78 is 14.1. The number of thiazole rings is 1. The SMILES string of the molecule is CN1C(CNc2nc3ccc(F)cc3s2)CC2CC1C2. The second-order valence-corrected chi connectivity index (χ2v) is 7.09. The normalized spacial score (nSPS) is 29.4. The van der Waals surface area contributed by atoms with Crippen molar-refractivity contribution in [1.82, 2.24) is 9.88 Å². The van der Waals surface area contributed by atoms with Gasteiger partial charge in [0.1, 0.15) is 5.82 Å². The van der Waals surface area contributed by atoms with Crippen molar-refractivity contribution in [3.05, 3.63) is 24.0 Å². The Hall–Kier alpha value is -1.20. The van der Waals surface area contributed by atoms with E-state index in [0.29, 0.717) is 6.04 Å². The first-order chi connectivity index (χ1) is 9.69. The van der Waals surface area contributed by atoms with Crippen LogP contribution in [0.1, 0.15) is 19.3 Å². The summed E-state index contributed by atoms with van der Waals surface area (Å²) in [6, 6.07) is 6.17. The highest BCUT2D eigenvalue weighted by Crippen LogP contribution is 2.41. The molecule has 1 aliphatic carbocycles. The molecule has 20 heavy (non-hydrogen) atoms. The fourth-order valence-corrected chi connectivity index (χ4v) is 4.38. The molecule has 0 spiro atoms. The van der Waals surface area contributed by atoms with E-state index in [1.54, 1.807) is 12.1 Å². The first-order valence-corrected chi connectivity index (χ1v) is 8.02. The molecular formula is C15H18FN3S. The Morgan fingerprint density at radius 2 is 2.25 bits per heavy atom. The molecular weight excluding hydrogens is 273 g/mol. The van der Waals surface area contributed by atoms with E-state index in [1.165, 1.54) is 36.7 Å². The Kier molecular flexibility index (Phi) is 2.93. The Morgan fingerprint density at radius 3 is 3.05 bits per heavy atom. The number of fused-ring (bicyclic) bond motifs is 3. The molecule has 2 aliphatic heterocycles. The fraction of sp³-hybridized carbons (Fsp3) is 0.533. The number of likely N-dealkylation sites (N-methyl/N-ethyl adjacent to an activating group) is 1. The lowest BCUT2D eigenvalue weighted by Crippen LogP contribution is -2.56. The molecule has 5 rings (SSSR count). The van der Waals surface area contributed by atoms with Crippen molar-refractivity contribution in [2.45, 2.75) is 31.3 Å². The van der Waals surface area contributed by atoms with E-state index in [0.717, 1.165) is 33.9 Å². The summed E-state index contributed by atoms with van der Waals surface area (Å²) in [5.74, 6) is 0.743. The highest BCUT2D eigenvalue weighted by atomic mass is 32.1. The van der Waals surface area contributed by atoms with Gasteiger partial charge in [-0.1, -0.05) is 11.3 Å². The van der Waals surface area contributed by atoms with Gasteiger partial charge >= 0.3 is 0 Å². The largest absolute Gasteiger partial charge is 0.360 e. The van der Waals surface area contributed by atoms with Crippen LogP contribution in [0.4, 0.5) is 9.52 Å². The summed E-state index contributed by atoms with van der Waals surface area (Å²) >= 11 is 1.53. The predicted molar refractivity (Wildman–Crippen MR) is 80.7 cm³/mol. The number of anilines is 1. The van der Waals surface area contributed by atoms with Crippen LogP contribution in [0.15, 0.2) is 18.2 Å². The number of benzene rings is 1. The van der Waals surface area contributed by atoms with Crippen molar-refractivity contribution in [2.24, 2.45) is 5.92 Å². The van der Waals surface area contributed by atoms with E-state index in [1.807, 2.05) is 0 Å². The maximum absolute atomic E-state index is 13.2. The first-order valence-electron chi connectivity index (χ1n) is 7.21. The quantitative estimate of drug-likeness (QED) is 0.940. The number of piperidine rings is 2. The third-order valence-electron chi connectivity index (χ3n) is 4.81. The van der Waals surface area contributed by atoms with Crippen LogP contribution >= 0.6 is 11.3 Å². The number of hydrogen-bond donors (Lipinski definition) is 1. The highest BCUT2D eigenvalue weighted by molar-refractivity contribution is 7.22. The van der Waals surface area contributed by atoms with Crippen LogP contribution in [0.3, 0.4) is 0 Å². The van der Waals surface area contributed by atoms with Crippen LogP contribution in [0.2, 0.25) is 0 Å². The molecule has 106 valence electrons. The molecule has 2 saturated heterocycles. The van der Waals surface area contributed by atoms with Gasteiger partial charge in [-0.3, -0.25) is 4.90 Å². The number of halogens is 1. The average Bonchev–Trinajstić information content (AvgIpc) is 2.78. The van der Waals surface area contributed by atoms with Gasteiger partial charge in [0.25, 0.3) is 0 Å². The van der Waals surface area contributed by atoms with Gasteiger partial charge in [-0.05, 0) is 50.4 Å². The summed E-state index contributed by atoms with van der Waals surface area (Å²) in [5.41, 5.74) is 0.874. The zero-order chi connectivity index (χ0) is 13.7. The molecule has 2 bridgehead atoms. The van der Waals surface area contributed by atoms with Gasteiger partial charge in [-0.2, -0.15) is 0 Å². The minimum Gasteiger partial charge on any atom is -0.360 e. The molecule has 1 saturated carbocycles. The first kappa shape index (κ1) is 12.5. The third-order valence-corrected chi connectivity index (χ3v) is 5.78. The summed E-state index contributed by atoms with van der Waals surface area (Å²) in [4.78, 5) is 7.03. The maximum Gasteiger partial charge on any atom is 0.183 e. The minimum absolute atomic E-state index is 0.195. The van der Waals surface area contributed by atoms with Crippen molar-refractivity contribution in [1.29, 1.82) is 0 Å². The lowest BCUT2D eigenvalue weighted by Gasteiger charge is -2.52. The van der Waals surface area contributed by atoms with Crippen LogP contribution < -0.4 is 5.32 Å². The molecule has 3 fully saturated rings. The van der Waals surface area contributed by atoms with E-state index in [9.17, 15) is 4.39 Å². The average molecular weight is 291 g/mol. The van der Waals surface area contributed by atoms with Crippen LogP contribution in [-0.4, -0.2) is 35.6 Å². The second kappa shape index (κ2) is 4.67. The summed E-state index contributed by atoms with van der Waals surface area (Å²) in [6.07, 6.45) is 4.06. The van der Waals surface area contributed by atoms with Gasteiger partial charge in [-0.15, -0.1) is 0 Å². The van der Waals surface area contributed by atoms with E-state index in [4.69, 9.17) is 0 Å². The lowest BCUT2D eigenvalue weighted by molar-refractivity contribution is -0.00776. The van der Waals surface area contributed by atoms with Crippen LogP contribution in [0.5, 0.6) is 0 Å². The smallest absolute Gasteiger partial charge is 0.183 e. The van der Waals surface area contributed by atoms with Gasteiger partial charge in [0.05, 0.1) is 10.2 Å². The number of nitrogens with one attached hydrogen (secondary N) is 1. The zero-order valence-corrected chi connectivity index (χ0v) is 12.3. The molecule has 1 aromatic heterocycles. The van der Waals surface area contributed by atoms with Gasteiger partial charge in [0.2, 0.25) is 0 Å². The molecule has 0 radical (unpaired) electrons. The molecule has 2 aromatic rings. The van der Waals surface area contributed by atoms with Crippen LogP contribution in [0, 0.1) is 11.7 Å². The van der Waals surface area contributed by atoms with Crippen molar-refractivity contribution in [3.63, 3.8) is 0 Å². The molecule has 5 heteroatoms. The number of nitrogens with zero attached hydrogens (tertiary/aromatic N) is 2. The molecule has 3 aliphatic rings. The van der Waals surface area contributed by atoms with E-state index in [2.05, 4.69) is 22.2 Å². The van der Waals surface area contributed by atoms with Crippen molar-refractivity contribution < 1.29 is 4.39 Å². The van der Waals surface area contributed by atoms with Gasteiger partial charge in [0, 0.05) is 18.6 Å². The standard InChI is InChI=1S/C15H18FN3S/c1-19-11-4-9(5-11)6-12(19)8-17-15-18-13-3-2-10(16)7-14(13)20-15/h2-3,7,9,11-12H,4-6,8H2,1H3,(H,17,18). The molecule has 1 unspecified atom stereocenters. The Morgan fingerprint density at radius 1 is 1.40 bits per heavy atom. The van der Waals surface area contributed by atoms with Gasteiger partial charge in [0.15, 0.2) is 5.13 Å². The molecule has 3 nitrogen and oxygen atoms in total. The number of rotatable bonds is 3. The van der Waals surface area contributed by atoms with Gasteiger partial charge < -0.3 is 5.32 Å². The molecule has 1 aromatic carbocycles. The molecule has 0 amide bonds. The third kappa shape index (κ3) is 2.09. The van der Waals surface area contributed by atoms with Crippen molar-refractivity contribution >= 4 is 26.7 Å². The second-order valence-electron chi connectivity index (χ2n) is 6.06. The summed E-state index contributed by atoms with van der Waals surface area (Å²) in [5, 5.41) is 4.34. The summed E-state index contributed by atoms with van der Waals surface area (Å²) in [7, 11) is 2.24. The van der Waals surface area contributed by atoms with Crippen LogP contribution in [0.25, 0.3) is 10.2 Å². The van der Waals surface area contributed by atoms with E-state index in [-0.39, 0.29) is 5.82 Å². The zero-order valence-electron chi connectivity index (χ0n) is 11.5. The monoisotopic (exact) mass is 291 g/mol. The Bertz CT molecular complexity index is 635. The van der Waals surface area contributed by atoms with Crippen molar-refractivity contribution in [2.75, 3.05) is 18.9 Å². The topological polar surface area (TPSA) is 28.2 Å². The van der Waals surface area contributed by atoms with E-state index >= 15 is 0 Å². The maximum atomic E-state index is 13.2. The lowest BCUT2D eigenvalue weighted by atomic mass is 9.71. The number of aromatic nitrogens is 1.